The zero-order valence-electron chi connectivity index (χ0n) is 9.26. The van der Waals surface area contributed by atoms with Crippen LogP contribution in [-0.4, -0.2) is 24.9 Å². The Balaban J connectivity index is 2.77. The second-order valence-electron chi connectivity index (χ2n) is 3.56. The second-order valence-corrected chi connectivity index (χ2v) is 5.33. The van der Waals surface area contributed by atoms with Gasteiger partial charge in [0.2, 0.25) is 0 Å². The van der Waals surface area contributed by atoms with Crippen LogP contribution in [0.4, 0.5) is 0 Å². The third-order valence-corrected chi connectivity index (χ3v) is 3.09. The Morgan fingerprint density at radius 1 is 1.44 bits per heavy atom. The molecule has 0 saturated heterocycles. The summed E-state index contributed by atoms with van der Waals surface area (Å²) in [6, 6.07) is 3.94. The molecule has 3 nitrogen and oxygen atoms in total. The number of benzene rings is 1. The summed E-state index contributed by atoms with van der Waals surface area (Å²) in [5, 5.41) is 12.3. The van der Waals surface area contributed by atoms with E-state index in [1.54, 1.807) is 14.0 Å². The van der Waals surface area contributed by atoms with Crippen molar-refractivity contribution in [2.45, 2.75) is 19.6 Å². The van der Waals surface area contributed by atoms with Gasteiger partial charge in [-0.05, 0) is 35.0 Å². The molecule has 0 aliphatic rings. The van der Waals surface area contributed by atoms with Crippen LogP contribution < -0.4 is 10.1 Å². The van der Waals surface area contributed by atoms with E-state index in [0.717, 1.165) is 20.3 Å². The first-order chi connectivity index (χ1) is 7.54. The number of ether oxygens (including phenoxy) is 1. The fourth-order valence-corrected chi connectivity index (χ4v) is 2.86. The Kier molecular flexibility index (Phi) is 5.75. The topological polar surface area (TPSA) is 41.5 Å². The van der Waals surface area contributed by atoms with Crippen molar-refractivity contribution in [3.63, 3.8) is 0 Å². The fourth-order valence-electron chi connectivity index (χ4n) is 1.39. The van der Waals surface area contributed by atoms with Gasteiger partial charge in [-0.2, -0.15) is 0 Å². The molecule has 0 bridgehead atoms. The van der Waals surface area contributed by atoms with Gasteiger partial charge in [0.15, 0.2) is 0 Å². The molecule has 1 aromatic rings. The van der Waals surface area contributed by atoms with Gasteiger partial charge in [0.1, 0.15) is 5.75 Å². The minimum atomic E-state index is -0.346. The van der Waals surface area contributed by atoms with E-state index < -0.39 is 0 Å². The number of rotatable bonds is 5. The van der Waals surface area contributed by atoms with Gasteiger partial charge in [-0.1, -0.05) is 15.9 Å². The van der Waals surface area contributed by atoms with Crippen LogP contribution in [0.1, 0.15) is 12.5 Å². The lowest BCUT2D eigenvalue weighted by Crippen LogP contribution is -2.24. The first kappa shape index (κ1) is 14.0. The van der Waals surface area contributed by atoms with Crippen molar-refractivity contribution in [2.75, 3.05) is 13.7 Å². The van der Waals surface area contributed by atoms with Crippen molar-refractivity contribution in [3.05, 3.63) is 26.6 Å². The molecular formula is C11H15Br2NO2. The van der Waals surface area contributed by atoms with Gasteiger partial charge in [-0.15, -0.1) is 0 Å². The molecule has 0 aromatic heterocycles. The number of hydrogen-bond acceptors (Lipinski definition) is 3. The molecular weight excluding hydrogens is 338 g/mol. The predicted molar refractivity (Wildman–Crippen MR) is 71.8 cm³/mol. The number of hydrogen-bond donors (Lipinski definition) is 2. The largest absolute Gasteiger partial charge is 0.495 e. The summed E-state index contributed by atoms with van der Waals surface area (Å²) < 4.78 is 7.23. The molecule has 1 atom stereocenters. The van der Waals surface area contributed by atoms with Gasteiger partial charge in [0, 0.05) is 23.1 Å². The van der Waals surface area contributed by atoms with E-state index >= 15 is 0 Å². The van der Waals surface area contributed by atoms with Gasteiger partial charge in [-0.3, -0.25) is 0 Å². The maximum absolute atomic E-state index is 9.15. The molecule has 2 N–H and O–H groups in total. The quantitative estimate of drug-likeness (QED) is 0.856. The maximum atomic E-state index is 9.15. The van der Waals surface area contributed by atoms with Crippen LogP contribution in [0.5, 0.6) is 5.75 Å². The summed E-state index contributed by atoms with van der Waals surface area (Å²) in [4.78, 5) is 0. The number of aliphatic hydroxyl groups is 1. The highest BCUT2D eigenvalue weighted by Gasteiger charge is 2.09. The average molecular weight is 353 g/mol. The Morgan fingerprint density at radius 3 is 2.69 bits per heavy atom. The van der Waals surface area contributed by atoms with Gasteiger partial charge < -0.3 is 15.2 Å². The van der Waals surface area contributed by atoms with Crippen LogP contribution in [0.2, 0.25) is 0 Å². The minimum absolute atomic E-state index is 0.346. The van der Waals surface area contributed by atoms with Crippen LogP contribution >= 0.6 is 31.9 Å². The minimum Gasteiger partial charge on any atom is -0.495 e. The van der Waals surface area contributed by atoms with Crippen LogP contribution in [0.15, 0.2) is 21.1 Å². The monoisotopic (exact) mass is 351 g/mol. The molecule has 1 aromatic carbocycles. The smallest absolute Gasteiger partial charge is 0.137 e. The normalized spacial score (nSPS) is 12.6. The van der Waals surface area contributed by atoms with Crippen molar-refractivity contribution in [2.24, 2.45) is 0 Å². The maximum Gasteiger partial charge on any atom is 0.137 e. The van der Waals surface area contributed by atoms with E-state index in [9.17, 15) is 0 Å². The molecule has 0 aliphatic heterocycles. The van der Waals surface area contributed by atoms with Gasteiger partial charge in [0.25, 0.3) is 0 Å². The second kappa shape index (κ2) is 6.59. The molecule has 1 unspecified atom stereocenters. The highest BCUT2D eigenvalue weighted by atomic mass is 79.9. The summed E-state index contributed by atoms with van der Waals surface area (Å²) in [7, 11) is 1.65. The lowest BCUT2D eigenvalue weighted by molar-refractivity contribution is 0.191. The Labute approximate surface area is 112 Å². The lowest BCUT2D eigenvalue weighted by atomic mass is 10.2. The molecule has 1 rings (SSSR count). The van der Waals surface area contributed by atoms with Crippen LogP contribution in [0.25, 0.3) is 0 Å². The molecule has 90 valence electrons. The van der Waals surface area contributed by atoms with Crippen molar-refractivity contribution < 1.29 is 9.84 Å². The van der Waals surface area contributed by atoms with Crippen LogP contribution in [0.3, 0.4) is 0 Å². The van der Waals surface area contributed by atoms with E-state index in [2.05, 4.69) is 37.2 Å². The third kappa shape index (κ3) is 4.05. The molecule has 0 aliphatic carbocycles. The highest BCUT2D eigenvalue weighted by Crippen LogP contribution is 2.32. The first-order valence-electron chi connectivity index (χ1n) is 4.95. The molecule has 0 fully saturated rings. The third-order valence-electron chi connectivity index (χ3n) is 2.04. The first-order valence-corrected chi connectivity index (χ1v) is 6.54. The summed E-state index contributed by atoms with van der Waals surface area (Å²) in [5.74, 6) is 0.821. The standard InChI is InChI=1S/C11H15Br2NO2/c1-7(15)5-14-6-8-3-9(12)4-10(13)11(8)16-2/h3-4,7,14-15H,5-6H2,1-2H3. The number of nitrogens with one attached hydrogen (secondary N) is 1. The Morgan fingerprint density at radius 2 is 2.12 bits per heavy atom. The summed E-state index contributed by atoms with van der Waals surface area (Å²) in [5.41, 5.74) is 1.05. The van der Waals surface area contributed by atoms with E-state index in [-0.39, 0.29) is 6.10 Å². The van der Waals surface area contributed by atoms with Crippen LogP contribution in [0, 0.1) is 0 Å². The Bertz CT molecular complexity index is 356. The van der Waals surface area contributed by atoms with E-state index in [1.807, 2.05) is 12.1 Å². The van der Waals surface area contributed by atoms with E-state index in [0.29, 0.717) is 13.1 Å². The van der Waals surface area contributed by atoms with Gasteiger partial charge in [-0.25, -0.2) is 0 Å². The molecule has 0 radical (unpaired) electrons. The number of aliphatic hydroxyl groups excluding tert-OH is 1. The highest BCUT2D eigenvalue weighted by molar-refractivity contribution is 9.11. The molecule has 0 spiro atoms. The fraction of sp³-hybridized carbons (Fsp3) is 0.455. The summed E-state index contributed by atoms with van der Waals surface area (Å²) in [6.45, 7) is 2.97. The molecule has 16 heavy (non-hydrogen) atoms. The van der Waals surface area contributed by atoms with E-state index in [4.69, 9.17) is 9.84 Å². The van der Waals surface area contributed by atoms with Crippen molar-refractivity contribution in [3.8, 4) is 5.75 Å². The average Bonchev–Trinajstić information content (AvgIpc) is 2.16. The number of halogens is 2. The SMILES string of the molecule is COc1c(Br)cc(Br)cc1CNCC(C)O. The zero-order valence-corrected chi connectivity index (χ0v) is 12.4. The molecule has 0 amide bonds. The van der Waals surface area contributed by atoms with Crippen LogP contribution in [-0.2, 0) is 6.54 Å². The summed E-state index contributed by atoms with van der Waals surface area (Å²) >= 11 is 6.88. The van der Waals surface area contributed by atoms with Crippen molar-refractivity contribution >= 4 is 31.9 Å². The van der Waals surface area contributed by atoms with Gasteiger partial charge in [0.05, 0.1) is 17.7 Å². The predicted octanol–water partition coefficient (Wildman–Crippen LogP) is 2.69. The molecule has 5 heteroatoms. The van der Waals surface area contributed by atoms with Gasteiger partial charge >= 0.3 is 0 Å². The molecule has 0 heterocycles. The summed E-state index contributed by atoms with van der Waals surface area (Å²) in [6.07, 6.45) is -0.346. The van der Waals surface area contributed by atoms with Crippen molar-refractivity contribution in [1.29, 1.82) is 0 Å². The van der Waals surface area contributed by atoms with Crippen molar-refractivity contribution in [1.82, 2.24) is 5.32 Å². The molecule has 0 saturated carbocycles. The van der Waals surface area contributed by atoms with E-state index in [1.165, 1.54) is 0 Å². The Hall–Kier alpha value is -0.100. The number of methoxy groups -OCH3 is 1. The lowest BCUT2D eigenvalue weighted by Gasteiger charge is -2.13. The zero-order chi connectivity index (χ0) is 12.1.